The molecule has 1 atom stereocenters. The molecule has 6 heteroatoms. The van der Waals surface area contributed by atoms with Crippen LogP contribution in [0.3, 0.4) is 0 Å². The maximum absolute atomic E-state index is 13.6. The number of aliphatic hydroxyl groups excluding tert-OH is 1. The number of Topliss-reactive ketones (excluding diaryl/α,β-unsaturated/α-hetero) is 1. The number of ketones is 1. The fraction of sp³-hybridized carbons (Fsp3) is 0.194. The van der Waals surface area contributed by atoms with Gasteiger partial charge in [0.2, 0.25) is 0 Å². The average Bonchev–Trinajstić information content (AvgIpc) is 3.17. The third-order valence-electron chi connectivity index (χ3n) is 6.72. The smallest absolute Gasteiger partial charge is 0.300 e. The molecule has 2 heterocycles. The Kier molecular flexibility index (Phi) is 6.04. The molecule has 3 aromatic carbocycles. The van der Waals surface area contributed by atoms with E-state index in [0.29, 0.717) is 22.7 Å². The Morgan fingerprint density at radius 3 is 2.38 bits per heavy atom. The summed E-state index contributed by atoms with van der Waals surface area (Å²) in [5.41, 5.74) is 2.10. The first-order valence-electron chi connectivity index (χ1n) is 12.1. The molecule has 0 saturated carbocycles. The molecule has 37 heavy (non-hydrogen) atoms. The molecule has 1 fully saturated rings. The monoisotopic (exact) mass is 492 g/mol. The van der Waals surface area contributed by atoms with Gasteiger partial charge >= 0.3 is 0 Å². The van der Waals surface area contributed by atoms with Crippen LogP contribution in [0, 0.1) is 0 Å². The zero-order valence-electron chi connectivity index (χ0n) is 21.2. The van der Waals surface area contributed by atoms with Crippen LogP contribution in [-0.4, -0.2) is 28.9 Å². The third kappa shape index (κ3) is 4.14. The third-order valence-corrected chi connectivity index (χ3v) is 6.72. The number of methoxy groups -OCH3 is 1. The molecular formula is C31H28N2O4. The molecule has 1 saturated heterocycles. The van der Waals surface area contributed by atoms with Gasteiger partial charge in [0, 0.05) is 22.7 Å². The molecule has 1 aliphatic heterocycles. The molecule has 1 N–H and O–H groups in total. The van der Waals surface area contributed by atoms with Crippen molar-refractivity contribution in [2.24, 2.45) is 0 Å². The number of ether oxygens (including phenoxy) is 1. The number of amides is 1. The Bertz CT molecular complexity index is 1550. The van der Waals surface area contributed by atoms with E-state index in [1.165, 1.54) is 4.90 Å². The standard InChI is InChI=1S/C31H28N2O4/c1-31(2,3)22-18-20(15-16-25(22)37-4)28(34)26-27(23-13-7-8-17-32-23)33(30(36)29(26)35)24-14-9-11-19-10-5-6-12-21(19)24/h5-18,27,34H,1-4H3/b28-26+. The second-order valence-electron chi connectivity index (χ2n) is 10.1. The lowest BCUT2D eigenvalue weighted by Gasteiger charge is -2.26. The molecule has 4 aromatic rings. The number of carbonyl (C=O) groups excluding carboxylic acids is 2. The largest absolute Gasteiger partial charge is 0.507 e. The van der Waals surface area contributed by atoms with Crippen molar-refractivity contribution in [1.82, 2.24) is 4.98 Å². The number of carbonyl (C=O) groups is 2. The summed E-state index contributed by atoms with van der Waals surface area (Å²) in [5, 5.41) is 13.3. The van der Waals surface area contributed by atoms with Gasteiger partial charge in [-0.25, -0.2) is 0 Å². The van der Waals surface area contributed by atoms with Crippen molar-refractivity contribution >= 4 is 33.9 Å². The quantitative estimate of drug-likeness (QED) is 0.209. The van der Waals surface area contributed by atoms with Crippen LogP contribution in [0.2, 0.25) is 0 Å². The SMILES string of the molecule is COc1ccc(/C(O)=C2\C(=O)C(=O)N(c3cccc4ccccc34)C2c2ccccn2)cc1C(C)(C)C. The summed E-state index contributed by atoms with van der Waals surface area (Å²) in [4.78, 5) is 33.1. The maximum Gasteiger partial charge on any atom is 0.300 e. The van der Waals surface area contributed by atoms with Gasteiger partial charge in [0.05, 0.1) is 24.1 Å². The van der Waals surface area contributed by atoms with E-state index in [-0.39, 0.29) is 16.7 Å². The maximum atomic E-state index is 13.6. The highest BCUT2D eigenvalue weighted by molar-refractivity contribution is 6.52. The minimum atomic E-state index is -0.896. The number of aliphatic hydroxyl groups is 1. The van der Waals surface area contributed by atoms with E-state index >= 15 is 0 Å². The molecule has 0 aliphatic carbocycles. The summed E-state index contributed by atoms with van der Waals surface area (Å²) < 4.78 is 5.54. The van der Waals surface area contributed by atoms with Gasteiger partial charge in [-0.05, 0) is 47.2 Å². The summed E-state index contributed by atoms with van der Waals surface area (Å²) >= 11 is 0. The van der Waals surface area contributed by atoms with Crippen LogP contribution < -0.4 is 9.64 Å². The number of nitrogens with zero attached hydrogens (tertiary/aromatic N) is 2. The van der Waals surface area contributed by atoms with E-state index in [0.717, 1.165) is 16.3 Å². The van der Waals surface area contributed by atoms with Gasteiger partial charge < -0.3 is 9.84 Å². The average molecular weight is 493 g/mol. The van der Waals surface area contributed by atoms with Crippen molar-refractivity contribution in [3.8, 4) is 5.75 Å². The Labute approximate surface area is 215 Å². The van der Waals surface area contributed by atoms with Gasteiger partial charge in [-0.1, -0.05) is 63.2 Å². The lowest BCUT2D eigenvalue weighted by molar-refractivity contribution is -0.132. The Morgan fingerprint density at radius 1 is 0.946 bits per heavy atom. The van der Waals surface area contributed by atoms with Gasteiger partial charge in [0.15, 0.2) is 0 Å². The number of hydrogen-bond acceptors (Lipinski definition) is 5. The van der Waals surface area contributed by atoms with Crippen LogP contribution in [0.4, 0.5) is 5.69 Å². The van der Waals surface area contributed by atoms with Crippen LogP contribution in [0.5, 0.6) is 5.75 Å². The minimum Gasteiger partial charge on any atom is -0.507 e. The first-order valence-corrected chi connectivity index (χ1v) is 12.1. The van der Waals surface area contributed by atoms with Crippen LogP contribution in [0.25, 0.3) is 16.5 Å². The Morgan fingerprint density at radius 2 is 1.68 bits per heavy atom. The van der Waals surface area contributed by atoms with Crippen LogP contribution in [0.15, 0.2) is 90.6 Å². The minimum absolute atomic E-state index is 0.00154. The normalized spacial score (nSPS) is 17.4. The van der Waals surface area contributed by atoms with Crippen LogP contribution in [-0.2, 0) is 15.0 Å². The van der Waals surface area contributed by atoms with Gasteiger partial charge in [-0.2, -0.15) is 0 Å². The molecular weight excluding hydrogens is 464 g/mol. The first-order chi connectivity index (χ1) is 17.7. The summed E-state index contributed by atoms with van der Waals surface area (Å²) in [6.07, 6.45) is 1.61. The van der Waals surface area contributed by atoms with Crippen molar-refractivity contribution in [3.63, 3.8) is 0 Å². The van der Waals surface area contributed by atoms with Gasteiger partial charge in [-0.3, -0.25) is 19.5 Å². The van der Waals surface area contributed by atoms with E-state index in [1.807, 2.05) is 69.3 Å². The number of pyridine rings is 1. The van der Waals surface area contributed by atoms with Crippen molar-refractivity contribution in [3.05, 3.63) is 107 Å². The van der Waals surface area contributed by atoms with E-state index in [2.05, 4.69) is 4.98 Å². The number of rotatable bonds is 4. The van der Waals surface area contributed by atoms with E-state index in [4.69, 9.17) is 4.74 Å². The zero-order chi connectivity index (χ0) is 26.3. The van der Waals surface area contributed by atoms with E-state index < -0.39 is 17.7 Å². The molecule has 0 spiro atoms. The number of anilines is 1. The lowest BCUT2D eigenvalue weighted by atomic mass is 9.84. The molecule has 6 nitrogen and oxygen atoms in total. The highest BCUT2D eigenvalue weighted by Gasteiger charge is 2.48. The number of aromatic nitrogens is 1. The molecule has 1 aliphatic rings. The first kappa shape index (κ1) is 24.3. The van der Waals surface area contributed by atoms with E-state index in [9.17, 15) is 14.7 Å². The second kappa shape index (κ2) is 9.21. The van der Waals surface area contributed by atoms with Crippen LogP contribution in [0.1, 0.15) is 43.6 Å². The number of hydrogen-bond donors (Lipinski definition) is 1. The molecule has 1 aromatic heterocycles. The van der Waals surface area contributed by atoms with Crippen molar-refractivity contribution in [2.75, 3.05) is 12.0 Å². The second-order valence-corrected chi connectivity index (χ2v) is 10.1. The van der Waals surface area contributed by atoms with Crippen LogP contribution >= 0.6 is 0 Å². The molecule has 5 rings (SSSR count). The summed E-state index contributed by atoms with van der Waals surface area (Å²) in [7, 11) is 1.60. The Balaban J connectivity index is 1.76. The topological polar surface area (TPSA) is 79.7 Å². The van der Waals surface area contributed by atoms with Gasteiger partial charge in [0.25, 0.3) is 11.7 Å². The highest BCUT2D eigenvalue weighted by Crippen LogP contribution is 2.44. The fourth-order valence-electron chi connectivity index (χ4n) is 4.91. The lowest BCUT2D eigenvalue weighted by Crippen LogP contribution is -2.30. The van der Waals surface area contributed by atoms with Gasteiger partial charge in [0.1, 0.15) is 17.6 Å². The fourth-order valence-corrected chi connectivity index (χ4v) is 4.91. The highest BCUT2D eigenvalue weighted by atomic mass is 16.5. The van der Waals surface area contributed by atoms with Crippen molar-refractivity contribution in [1.29, 1.82) is 0 Å². The molecule has 1 unspecified atom stereocenters. The van der Waals surface area contributed by atoms with Gasteiger partial charge in [-0.15, -0.1) is 0 Å². The van der Waals surface area contributed by atoms with Crippen molar-refractivity contribution in [2.45, 2.75) is 32.2 Å². The van der Waals surface area contributed by atoms with Crippen molar-refractivity contribution < 1.29 is 19.4 Å². The molecule has 1 amide bonds. The number of benzene rings is 3. The Hall–Kier alpha value is -4.45. The zero-order valence-corrected chi connectivity index (χ0v) is 21.2. The molecule has 186 valence electrons. The summed E-state index contributed by atoms with van der Waals surface area (Å²) in [6.45, 7) is 6.13. The predicted molar refractivity (Wildman–Crippen MR) is 145 cm³/mol. The number of fused-ring (bicyclic) bond motifs is 1. The molecule has 0 radical (unpaired) electrons. The summed E-state index contributed by atoms with van der Waals surface area (Å²) in [6, 6.07) is 23.0. The van der Waals surface area contributed by atoms with E-state index in [1.54, 1.807) is 43.6 Å². The summed E-state index contributed by atoms with van der Waals surface area (Å²) in [5.74, 6) is -1.03. The molecule has 0 bridgehead atoms. The predicted octanol–water partition coefficient (Wildman–Crippen LogP) is 6.17.